The summed E-state index contributed by atoms with van der Waals surface area (Å²) in [6, 6.07) is 76.3. The Morgan fingerprint density at radius 3 is 1.18 bits per heavy atom. The third-order valence-electron chi connectivity index (χ3n) is 11.3. The second kappa shape index (κ2) is 19.0. The van der Waals surface area contributed by atoms with Crippen molar-refractivity contribution in [2.45, 2.75) is 30.2 Å². The van der Waals surface area contributed by atoms with Gasteiger partial charge in [0.25, 0.3) is 0 Å². The Morgan fingerprint density at radius 1 is 0.464 bits per heavy atom. The zero-order valence-electron chi connectivity index (χ0n) is 31.7. The topological polar surface area (TPSA) is 29.5 Å². The van der Waals surface area contributed by atoms with Gasteiger partial charge in [0.1, 0.15) is 5.60 Å². The number of benzene rings is 7. The molecule has 2 unspecified atom stereocenters. The number of hydrogen-bond donors (Lipinski definition) is 1. The van der Waals surface area contributed by atoms with Crippen molar-refractivity contribution in [3.8, 4) is 0 Å². The molecule has 5 heteroatoms. The number of hydrogen-bond acceptors (Lipinski definition) is 2. The summed E-state index contributed by atoms with van der Waals surface area (Å²) >= 11 is 0. The van der Waals surface area contributed by atoms with Gasteiger partial charge in [-0.15, -0.1) is 0 Å². The molecule has 1 aliphatic carbocycles. The highest BCUT2D eigenvalue weighted by Gasteiger charge is 2.47. The van der Waals surface area contributed by atoms with Gasteiger partial charge >= 0.3 is 0 Å². The number of aliphatic hydroxyl groups excluding tert-OH is 1. The van der Waals surface area contributed by atoms with E-state index >= 15 is 0 Å². The zero-order chi connectivity index (χ0) is 37.3. The van der Waals surface area contributed by atoms with Crippen molar-refractivity contribution in [1.29, 1.82) is 0 Å². The molecule has 0 bridgehead atoms. The van der Waals surface area contributed by atoms with Crippen molar-refractivity contribution in [2.24, 2.45) is 11.8 Å². The highest BCUT2D eigenvalue weighted by molar-refractivity contribution is 7.74. The molecular formula is C51H48BO2P2. The van der Waals surface area contributed by atoms with Crippen LogP contribution in [0.15, 0.2) is 212 Å². The van der Waals surface area contributed by atoms with Gasteiger partial charge in [0.15, 0.2) is 0 Å². The second-order valence-electron chi connectivity index (χ2n) is 14.4. The van der Waals surface area contributed by atoms with Crippen LogP contribution in [0.25, 0.3) is 0 Å². The predicted molar refractivity (Wildman–Crippen MR) is 240 cm³/mol. The second-order valence-corrected chi connectivity index (χ2v) is 19.1. The first-order valence-corrected chi connectivity index (χ1v) is 22.4. The Bertz CT molecular complexity index is 2000. The summed E-state index contributed by atoms with van der Waals surface area (Å²) in [6.07, 6.45) is 2.11. The fourth-order valence-electron chi connectivity index (χ4n) is 8.74. The maximum atomic E-state index is 12.4. The van der Waals surface area contributed by atoms with E-state index in [1.165, 1.54) is 21.2 Å². The molecule has 1 saturated carbocycles. The van der Waals surface area contributed by atoms with Crippen LogP contribution < -0.4 is 21.2 Å². The molecule has 0 amide bonds. The third-order valence-corrected chi connectivity index (χ3v) is 16.9. The van der Waals surface area contributed by atoms with Crippen molar-refractivity contribution in [1.82, 2.24) is 0 Å². The van der Waals surface area contributed by atoms with E-state index in [2.05, 4.69) is 212 Å². The molecular weight excluding hydrogens is 717 g/mol. The molecule has 7 aromatic rings. The van der Waals surface area contributed by atoms with Crippen LogP contribution in [0.4, 0.5) is 0 Å². The highest BCUT2D eigenvalue weighted by atomic mass is 31.1. The summed E-state index contributed by atoms with van der Waals surface area (Å²) < 4.78 is 7.39. The molecule has 3 radical (unpaired) electrons. The van der Waals surface area contributed by atoms with Crippen molar-refractivity contribution in [3.05, 3.63) is 229 Å². The van der Waals surface area contributed by atoms with Crippen molar-refractivity contribution >= 4 is 45.5 Å². The Hall–Kier alpha value is -4.62. The van der Waals surface area contributed by atoms with E-state index in [9.17, 15) is 5.11 Å². The standard InChI is InChI=1S/C51H48O2P2.B/c52-49-38-50(55(45-32-18-6-19-33-45)46-34-20-7-21-35-46)48(39-54(43-28-14-4-15-29-43)44-30-16-5-17-31-44)47(49)36-37-53-51(40-22-8-1-9-23-40,41-24-10-2-11-25-41)42-26-12-3-13-27-42;/h1-35,47-50,52H,36-39H2;/t47?,48-,49?,50-;/m0./s1. The average Bonchev–Trinajstić information content (AvgIpc) is 3.57. The van der Waals surface area contributed by atoms with Crippen LogP contribution in [0.2, 0.25) is 0 Å². The maximum Gasteiger partial charge on any atom is 0.143 e. The first-order valence-electron chi connectivity index (χ1n) is 19.5. The normalized spacial score (nSPS) is 18.1. The van der Waals surface area contributed by atoms with Gasteiger partial charge in [-0.25, -0.2) is 0 Å². The molecule has 1 fully saturated rings. The van der Waals surface area contributed by atoms with Crippen LogP contribution in [-0.4, -0.2) is 38.1 Å². The van der Waals surface area contributed by atoms with E-state index in [0.717, 1.165) is 35.7 Å². The smallest absolute Gasteiger partial charge is 0.143 e. The summed E-state index contributed by atoms with van der Waals surface area (Å²) in [5, 5.41) is 17.9. The van der Waals surface area contributed by atoms with Gasteiger partial charge in [0.05, 0.1) is 6.10 Å². The zero-order valence-corrected chi connectivity index (χ0v) is 33.5. The van der Waals surface area contributed by atoms with Gasteiger partial charge in [0.2, 0.25) is 0 Å². The first-order chi connectivity index (χ1) is 27.2. The minimum absolute atomic E-state index is 0. The molecule has 7 aromatic carbocycles. The molecule has 277 valence electrons. The Morgan fingerprint density at radius 2 is 0.804 bits per heavy atom. The Kier molecular flexibility index (Phi) is 13.5. The summed E-state index contributed by atoms with van der Waals surface area (Å²) in [5.41, 5.74) is 2.80. The first kappa shape index (κ1) is 39.6. The predicted octanol–water partition coefficient (Wildman–Crippen LogP) is 9.64. The molecule has 0 saturated heterocycles. The lowest BCUT2D eigenvalue weighted by molar-refractivity contribution is -0.00584. The lowest BCUT2D eigenvalue weighted by atomic mass is 9.80. The molecule has 0 spiro atoms. The molecule has 8 rings (SSSR count). The quantitative estimate of drug-likeness (QED) is 0.0680. The van der Waals surface area contributed by atoms with Gasteiger partial charge < -0.3 is 9.84 Å². The van der Waals surface area contributed by atoms with Gasteiger partial charge in [-0.05, 0) is 90.3 Å². The van der Waals surface area contributed by atoms with Gasteiger partial charge in [0, 0.05) is 15.0 Å². The Balaban J connectivity index is 0.00000480. The lowest BCUT2D eigenvalue weighted by Crippen LogP contribution is -2.35. The molecule has 0 heterocycles. The Labute approximate surface area is 337 Å². The minimum Gasteiger partial charge on any atom is -0.393 e. The van der Waals surface area contributed by atoms with E-state index in [1.54, 1.807) is 0 Å². The monoisotopic (exact) mass is 765 g/mol. The molecule has 0 aromatic heterocycles. The lowest BCUT2D eigenvalue weighted by Gasteiger charge is -2.37. The van der Waals surface area contributed by atoms with Crippen molar-refractivity contribution < 1.29 is 9.84 Å². The van der Waals surface area contributed by atoms with E-state index in [1.807, 2.05) is 0 Å². The van der Waals surface area contributed by atoms with Crippen LogP contribution in [-0.2, 0) is 10.3 Å². The fraction of sp³-hybridized carbons (Fsp3) is 0.176. The number of ether oxygens (including phenoxy) is 1. The van der Waals surface area contributed by atoms with E-state index in [4.69, 9.17) is 4.74 Å². The van der Waals surface area contributed by atoms with Crippen LogP contribution in [0, 0.1) is 11.8 Å². The molecule has 0 aliphatic heterocycles. The molecule has 2 nitrogen and oxygen atoms in total. The summed E-state index contributed by atoms with van der Waals surface area (Å²) in [6.45, 7) is 0.507. The number of aliphatic hydroxyl groups is 1. The number of rotatable bonds is 14. The maximum absolute atomic E-state index is 12.4. The van der Waals surface area contributed by atoms with E-state index in [-0.39, 0.29) is 20.2 Å². The third kappa shape index (κ3) is 8.54. The SMILES string of the molecule is OC1C[C@H](P(c2ccccc2)c2ccccc2)[C@@H](CP(c2ccccc2)c2ccccc2)C1CCOC(c1ccccc1)(c1ccccc1)c1ccccc1.[B]. The molecule has 1 aliphatic rings. The largest absolute Gasteiger partial charge is 0.393 e. The van der Waals surface area contributed by atoms with E-state index < -0.39 is 27.5 Å². The van der Waals surface area contributed by atoms with Crippen LogP contribution >= 0.6 is 15.8 Å². The highest BCUT2D eigenvalue weighted by Crippen LogP contribution is 2.56. The molecule has 56 heavy (non-hydrogen) atoms. The van der Waals surface area contributed by atoms with Crippen LogP contribution in [0.1, 0.15) is 29.5 Å². The van der Waals surface area contributed by atoms with Gasteiger partial charge in [-0.3, -0.25) is 0 Å². The average molecular weight is 766 g/mol. The van der Waals surface area contributed by atoms with Crippen LogP contribution in [0.5, 0.6) is 0 Å². The van der Waals surface area contributed by atoms with Crippen LogP contribution in [0.3, 0.4) is 0 Å². The minimum atomic E-state index is -0.802. The summed E-state index contributed by atoms with van der Waals surface area (Å²) in [4.78, 5) is 0. The van der Waals surface area contributed by atoms with Crippen molar-refractivity contribution in [2.75, 3.05) is 12.8 Å². The van der Waals surface area contributed by atoms with Gasteiger partial charge in [-0.2, -0.15) is 0 Å². The van der Waals surface area contributed by atoms with E-state index in [0.29, 0.717) is 12.3 Å². The summed E-state index contributed by atoms with van der Waals surface area (Å²) in [7, 11) is -1.43. The molecule has 1 N–H and O–H groups in total. The van der Waals surface area contributed by atoms with Crippen molar-refractivity contribution in [3.63, 3.8) is 0 Å². The molecule has 4 atom stereocenters. The summed E-state index contributed by atoms with van der Waals surface area (Å²) in [5.74, 6) is 0.344. The fourth-order valence-corrected chi connectivity index (χ4v) is 14.8. The van der Waals surface area contributed by atoms with Gasteiger partial charge in [-0.1, -0.05) is 212 Å².